The summed E-state index contributed by atoms with van der Waals surface area (Å²) < 4.78 is 0. The van der Waals surface area contributed by atoms with E-state index in [1.54, 1.807) is 6.08 Å². The molecule has 0 saturated carbocycles. The molecule has 0 aromatic carbocycles. The third kappa shape index (κ3) is 2.02. The fourth-order valence-corrected chi connectivity index (χ4v) is 0.415. The van der Waals surface area contributed by atoms with Crippen molar-refractivity contribution in [1.29, 1.82) is 0 Å². The van der Waals surface area contributed by atoms with E-state index >= 15 is 0 Å². The highest BCUT2D eigenvalue weighted by Crippen LogP contribution is 2.08. The molecule has 0 aliphatic heterocycles. The van der Waals surface area contributed by atoms with E-state index in [0.29, 0.717) is 5.54 Å². The first-order valence-corrected chi connectivity index (χ1v) is 3.83. The number of hydrogen-bond acceptors (Lipinski definition) is 2. The molecule has 2 nitrogen and oxygen atoms in total. The van der Waals surface area contributed by atoms with Crippen molar-refractivity contribution in [3.63, 3.8) is 0 Å². The first-order chi connectivity index (χ1) is 3.72. The van der Waals surface area contributed by atoms with Crippen LogP contribution in [0.25, 0.3) is 0 Å². The molecule has 0 bridgehead atoms. The maximum Gasteiger partial charge on any atom is 0.0921 e. The fraction of sp³-hybridized carbons (Fsp3) is 0.600. The van der Waals surface area contributed by atoms with E-state index in [-0.39, 0.29) is 6.04 Å². The smallest absolute Gasteiger partial charge is 0.0921 e. The Balaban J connectivity index is 3.60. The molecule has 0 aromatic heterocycles. The third-order valence-corrected chi connectivity index (χ3v) is 2.74. The maximum absolute atomic E-state index is 9.83. The van der Waals surface area contributed by atoms with Gasteiger partial charge in [0.2, 0.25) is 0 Å². The van der Waals surface area contributed by atoms with Crippen molar-refractivity contribution in [2.24, 2.45) is 5.18 Å². The molecule has 46 valence electrons. The summed E-state index contributed by atoms with van der Waals surface area (Å²) in [4.78, 5) is 9.83. The zero-order valence-corrected chi connectivity index (χ0v) is 7.29. The standard InChI is InChI=1S/C5H11NOSi/c1-3-5(8)4(2)6-7/h3-5H,1H2,2,8H3. The Morgan fingerprint density at radius 2 is 2.38 bits per heavy atom. The topological polar surface area (TPSA) is 29.4 Å². The van der Waals surface area contributed by atoms with Gasteiger partial charge in [0.15, 0.2) is 0 Å². The van der Waals surface area contributed by atoms with Crippen molar-refractivity contribution in [3.8, 4) is 0 Å². The molecular weight excluding hydrogens is 118 g/mol. The van der Waals surface area contributed by atoms with Gasteiger partial charge in [-0.1, -0.05) is 11.3 Å². The van der Waals surface area contributed by atoms with Crippen LogP contribution in [0.3, 0.4) is 0 Å². The molecule has 0 aromatic rings. The Kier molecular flexibility index (Phi) is 3.35. The summed E-state index contributed by atoms with van der Waals surface area (Å²) in [5.74, 6) is 0. The number of nitrogens with zero attached hydrogens (tertiary/aromatic N) is 1. The lowest BCUT2D eigenvalue weighted by Crippen LogP contribution is -2.04. The molecule has 0 N–H and O–H groups in total. The van der Waals surface area contributed by atoms with Crippen LogP contribution in [0.1, 0.15) is 6.92 Å². The van der Waals surface area contributed by atoms with Crippen molar-refractivity contribution >= 4 is 10.2 Å². The van der Waals surface area contributed by atoms with Gasteiger partial charge in [0.1, 0.15) is 0 Å². The second-order valence-electron chi connectivity index (χ2n) is 1.94. The predicted molar refractivity (Wildman–Crippen MR) is 39.1 cm³/mol. The maximum atomic E-state index is 9.83. The van der Waals surface area contributed by atoms with E-state index in [9.17, 15) is 4.91 Å². The van der Waals surface area contributed by atoms with Gasteiger partial charge < -0.3 is 0 Å². The Morgan fingerprint density at radius 1 is 1.88 bits per heavy atom. The summed E-state index contributed by atoms with van der Waals surface area (Å²) in [7, 11) is 0.971. The fourth-order valence-electron chi connectivity index (χ4n) is 0.293. The van der Waals surface area contributed by atoms with Gasteiger partial charge in [0.05, 0.1) is 6.04 Å². The van der Waals surface area contributed by atoms with Crippen molar-refractivity contribution in [1.82, 2.24) is 0 Å². The highest BCUT2D eigenvalue weighted by Gasteiger charge is 2.05. The average Bonchev–Trinajstić information content (AvgIpc) is 1.84. The first-order valence-electron chi connectivity index (χ1n) is 2.67. The van der Waals surface area contributed by atoms with Crippen LogP contribution < -0.4 is 0 Å². The minimum Gasteiger partial charge on any atom is -0.151 e. The Hall–Kier alpha value is -0.443. The van der Waals surface area contributed by atoms with E-state index in [1.165, 1.54) is 0 Å². The summed E-state index contributed by atoms with van der Waals surface area (Å²) in [6, 6.07) is -0.0702. The van der Waals surface area contributed by atoms with Crippen LogP contribution in [0.2, 0.25) is 5.54 Å². The van der Waals surface area contributed by atoms with Gasteiger partial charge >= 0.3 is 0 Å². The highest BCUT2D eigenvalue weighted by molar-refractivity contribution is 6.13. The van der Waals surface area contributed by atoms with Gasteiger partial charge in [-0.15, -0.1) is 6.58 Å². The molecule has 0 heterocycles. The van der Waals surface area contributed by atoms with Crippen molar-refractivity contribution < 1.29 is 0 Å². The molecule has 8 heavy (non-hydrogen) atoms. The van der Waals surface area contributed by atoms with Crippen LogP contribution in [0.4, 0.5) is 0 Å². The number of nitroso groups, excluding NO2 is 1. The molecule has 0 aliphatic carbocycles. The zero-order chi connectivity index (χ0) is 6.57. The molecule has 0 saturated heterocycles. The molecule has 0 fully saturated rings. The first kappa shape index (κ1) is 7.56. The molecule has 0 spiro atoms. The van der Waals surface area contributed by atoms with Crippen LogP contribution in [-0.4, -0.2) is 16.3 Å². The monoisotopic (exact) mass is 129 g/mol. The third-order valence-electron chi connectivity index (χ3n) is 1.30. The van der Waals surface area contributed by atoms with Gasteiger partial charge in [0.25, 0.3) is 0 Å². The van der Waals surface area contributed by atoms with Crippen LogP contribution in [0.15, 0.2) is 17.8 Å². The molecule has 2 atom stereocenters. The van der Waals surface area contributed by atoms with Crippen LogP contribution in [0.5, 0.6) is 0 Å². The quantitative estimate of drug-likeness (QED) is 0.309. The summed E-state index contributed by atoms with van der Waals surface area (Å²) in [6.45, 7) is 5.38. The van der Waals surface area contributed by atoms with E-state index in [1.807, 2.05) is 6.92 Å². The van der Waals surface area contributed by atoms with E-state index in [0.717, 1.165) is 10.2 Å². The minimum atomic E-state index is -0.0702. The second kappa shape index (κ2) is 3.55. The normalized spacial score (nSPS) is 17.1. The van der Waals surface area contributed by atoms with E-state index in [4.69, 9.17) is 0 Å². The Bertz CT molecular complexity index is 82.4. The number of hydrogen-bond donors (Lipinski definition) is 0. The minimum absolute atomic E-state index is 0.0702. The summed E-state index contributed by atoms with van der Waals surface area (Å²) in [6.07, 6.45) is 1.79. The van der Waals surface area contributed by atoms with Crippen molar-refractivity contribution in [2.75, 3.05) is 0 Å². The van der Waals surface area contributed by atoms with E-state index < -0.39 is 0 Å². The van der Waals surface area contributed by atoms with E-state index in [2.05, 4.69) is 11.8 Å². The molecular formula is C5H11NOSi. The Labute approximate surface area is 52.4 Å². The van der Waals surface area contributed by atoms with Crippen LogP contribution >= 0.6 is 0 Å². The van der Waals surface area contributed by atoms with Gasteiger partial charge in [0, 0.05) is 10.2 Å². The lowest BCUT2D eigenvalue weighted by Gasteiger charge is -2.04. The lowest BCUT2D eigenvalue weighted by molar-refractivity contribution is 0.751. The SMILES string of the molecule is C=CC([SiH3])C(C)N=O. The lowest BCUT2D eigenvalue weighted by atomic mass is 10.2. The summed E-state index contributed by atoms with van der Waals surface area (Å²) in [5.41, 5.74) is 0.340. The number of rotatable bonds is 3. The summed E-state index contributed by atoms with van der Waals surface area (Å²) in [5, 5.41) is 2.87. The van der Waals surface area contributed by atoms with Gasteiger partial charge in [-0.3, -0.25) is 0 Å². The van der Waals surface area contributed by atoms with Crippen molar-refractivity contribution in [2.45, 2.75) is 18.5 Å². The molecule has 2 unspecified atom stereocenters. The van der Waals surface area contributed by atoms with Crippen molar-refractivity contribution in [3.05, 3.63) is 17.6 Å². The average molecular weight is 129 g/mol. The predicted octanol–water partition coefficient (Wildman–Crippen LogP) is 0.481. The highest BCUT2D eigenvalue weighted by atomic mass is 28.1. The van der Waals surface area contributed by atoms with Crippen LogP contribution in [0, 0.1) is 4.91 Å². The molecule has 0 rings (SSSR count). The Morgan fingerprint density at radius 3 is 2.50 bits per heavy atom. The van der Waals surface area contributed by atoms with Gasteiger partial charge in [-0.25, -0.2) is 0 Å². The second-order valence-corrected chi connectivity index (χ2v) is 3.27. The molecule has 3 heteroatoms. The zero-order valence-electron chi connectivity index (χ0n) is 5.29. The van der Waals surface area contributed by atoms with Crippen LogP contribution in [-0.2, 0) is 0 Å². The van der Waals surface area contributed by atoms with Gasteiger partial charge in [-0.2, -0.15) is 4.91 Å². The molecule has 0 radical (unpaired) electrons. The van der Waals surface area contributed by atoms with Gasteiger partial charge in [-0.05, 0) is 12.5 Å². The summed E-state index contributed by atoms with van der Waals surface area (Å²) >= 11 is 0. The largest absolute Gasteiger partial charge is 0.151 e. The molecule has 0 aliphatic rings. The molecule has 0 amide bonds.